The third-order valence-corrected chi connectivity index (χ3v) is 5.04. The molecule has 1 aliphatic rings. The quantitative estimate of drug-likeness (QED) is 0.280. The fourth-order valence-electron chi connectivity index (χ4n) is 3.52. The number of halogens is 1. The van der Waals surface area contributed by atoms with Gasteiger partial charge in [-0.15, -0.1) is 24.0 Å². The highest BCUT2D eigenvalue weighted by Crippen LogP contribution is 2.24. The normalized spacial score (nSPS) is 20.4. The molecule has 3 N–H and O–H groups in total. The summed E-state index contributed by atoms with van der Waals surface area (Å²) >= 11 is 0. The average Bonchev–Trinajstić information content (AvgIpc) is 2.70. The molecule has 1 saturated carbocycles. The first-order valence-corrected chi connectivity index (χ1v) is 10.5. The molecule has 1 aromatic carbocycles. The second kappa shape index (κ2) is 13.7. The van der Waals surface area contributed by atoms with E-state index >= 15 is 0 Å². The van der Waals surface area contributed by atoms with Gasteiger partial charge >= 0.3 is 0 Å². The molecule has 0 spiro atoms. The SMILES string of the molecule is CCC(CNC(=NC)NC1CCCC(C(=O)NC(C)C)C1)Oc1ccccc1.I. The van der Waals surface area contributed by atoms with Crippen molar-refractivity contribution in [3.05, 3.63) is 30.3 Å². The number of benzene rings is 1. The Hall–Kier alpha value is -1.51. The highest BCUT2D eigenvalue weighted by atomic mass is 127. The van der Waals surface area contributed by atoms with Gasteiger partial charge in [-0.05, 0) is 51.7 Å². The summed E-state index contributed by atoms with van der Waals surface area (Å²) in [5.74, 6) is 1.90. The van der Waals surface area contributed by atoms with Crippen LogP contribution in [-0.2, 0) is 4.79 Å². The number of hydrogen-bond donors (Lipinski definition) is 3. The summed E-state index contributed by atoms with van der Waals surface area (Å²) in [6.45, 7) is 6.80. The molecule has 1 amide bonds. The summed E-state index contributed by atoms with van der Waals surface area (Å²) in [5, 5.41) is 9.91. The Morgan fingerprint density at radius 3 is 2.59 bits per heavy atom. The molecule has 3 unspecified atom stereocenters. The van der Waals surface area contributed by atoms with Crippen LogP contribution in [0.15, 0.2) is 35.3 Å². The lowest BCUT2D eigenvalue weighted by atomic mass is 9.85. The van der Waals surface area contributed by atoms with Crippen LogP contribution in [0.4, 0.5) is 0 Å². The van der Waals surface area contributed by atoms with Crippen LogP contribution >= 0.6 is 24.0 Å². The van der Waals surface area contributed by atoms with E-state index in [1.54, 1.807) is 7.05 Å². The Balaban J connectivity index is 0.00000420. The van der Waals surface area contributed by atoms with Gasteiger partial charge in [-0.25, -0.2) is 0 Å². The molecule has 0 saturated heterocycles. The Labute approximate surface area is 192 Å². The molecular formula is C22H37IN4O2. The minimum absolute atomic E-state index is 0. The average molecular weight is 516 g/mol. The maximum atomic E-state index is 12.3. The zero-order chi connectivity index (χ0) is 20.4. The van der Waals surface area contributed by atoms with Gasteiger partial charge in [0, 0.05) is 25.0 Å². The highest BCUT2D eigenvalue weighted by molar-refractivity contribution is 14.0. The van der Waals surface area contributed by atoms with Crippen molar-refractivity contribution in [3.8, 4) is 5.75 Å². The topological polar surface area (TPSA) is 74.8 Å². The summed E-state index contributed by atoms with van der Waals surface area (Å²) in [6, 6.07) is 10.3. The number of rotatable bonds is 8. The number of ether oxygens (including phenoxy) is 1. The number of guanidine groups is 1. The third-order valence-electron chi connectivity index (χ3n) is 5.04. The smallest absolute Gasteiger partial charge is 0.223 e. The van der Waals surface area contributed by atoms with Crippen molar-refractivity contribution in [1.29, 1.82) is 0 Å². The van der Waals surface area contributed by atoms with E-state index in [-0.39, 0.29) is 54.0 Å². The maximum Gasteiger partial charge on any atom is 0.223 e. The molecule has 0 bridgehead atoms. The van der Waals surface area contributed by atoms with Crippen molar-refractivity contribution in [3.63, 3.8) is 0 Å². The fraction of sp³-hybridized carbons (Fsp3) is 0.636. The van der Waals surface area contributed by atoms with Crippen LogP contribution in [0, 0.1) is 5.92 Å². The minimum atomic E-state index is 0. The van der Waals surface area contributed by atoms with Gasteiger partial charge in [0.1, 0.15) is 11.9 Å². The highest BCUT2D eigenvalue weighted by Gasteiger charge is 2.28. The van der Waals surface area contributed by atoms with E-state index in [9.17, 15) is 4.79 Å². The van der Waals surface area contributed by atoms with Crippen LogP contribution in [0.25, 0.3) is 0 Å². The summed E-state index contributed by atoms with van der Waals surface area (Å²) in [4.78, 5) is 16.7. The van der Waals surface area contributed by atoms with E-state index in [0.29, 0.717) is 6.54 Å². The van der Waals surface area contributed by atoms with Crippen LogP contribution in [0.3, 0.4) is 0 Å². The lowest BCUT2D eigenvalue weighted by Gasteiger charge is -2.31. The van der Waals surface area contributed by atoms with Crippen LogP contribution in [0.2, 0.25) is 0 Å². The maximum absolute atomic E-state index is 12.3. The van der Waals surface area contributed by atoms with E-state index < -0.39 is 0 Å². The van der Waals surface area contributed by atoms with Gasteiger partial charge in [-0.1, -0.05) is 31.5 Å². The van der Waals surface area contributed by atoms with Crippen LogP contribution < -0.4 is 20.7 Å². The minimum Gasteiger partial charge on any atom is -0.489 e. The number of hydrogen-bond acceptors (Lipinski definition) is 3. The van der Waals surface area contributed by atoms with E-state index in [2.05, 4.69) is 27.9 Å². The van der Waals surface area contributed by atoms with E-state index in [1.807, 2.05) is 44.2 Å². The number of nitrogens with zero attached hydrogens (tertiary/aromatic N) is 1. The first kappa shape index (κ1) is 25.5. The number of carbonyl (C=O) groups is 1. The Bertz CT molecular complexity index is 624. The summed E-state index contributed by atoms with van der Waals surface area (Å²) in [5.41, 5.74) is 0. The number of nitrogens with one attached hydrogen (secondary N) is 3. The third kappa shape index (κ3) is 9.23. The number of aliphatic imine (C=N–C) groups is 1. The lowest BCUT2D eigenvalue weighted by Crippen LogP contribution is -2.49. The Morgan fingerprint density at radius 1 is 1.24 bits per heavy atom. The fourth-order valence-corrected chi connectivity index (χ4v) is 3.52. The molecule has 0 aliphatic heterocycles. The van der Waals surface area contributed by atoms with Crippen molar-refractivity contribution in [2.75, 3.05) is 13.6 Å². The first-order valence-electron chi connectivity index (χ1n) is 10.5. The van der Waals surface area contributed by atoms with Crippen molar-refractivity contribution in [1.82, 2.24) is 16.0 Å². The van der Waals surface area contributed by atoms with Crippen LogP contribution in [0.5, 0.6) is 5.75 Å². The molecule has 0 heterocycles. The number of amides is 1. The number of para-hydroxylation sites is 1. The molecule has 0 aromatic heterocycles. The Morgan fingerprint density at radius 2 is 1.97 bits per heavy atom. The van der Waals surface area contributed by atoms with E-state index in [1.165, 1.54) is 0 Å². The zero-order valence-corrected chi connectivity index (χ0v) is 20.4. The van der Waals surface area contributed by atoms with Gasteiger partial charge in [-0.2, -0.15) is 0 Å². The molecular weight excluding hydrogens is 479 g/mol. The molecule has 3 atom stereocenters. The van der Waals surface area contributed by atoms with E-state index in [0.717, 1.165) is 43.8 Å². The van der Waals surface area contributed by atoms with Gasteiger partial charge in [0.2, 0.25) is 5.91 Å². The van der Waals surface area contributed by atoms with Gasteiger partial charge in [0.25, 0.3) is 0 Å². The molecule has 1 fully saturated rings. The van der Waals surface area contributed by atoms with Crippen molar-refractivity contribution < 1.29 is 9.53 Å². The summed E-state index contributed by atoms with van der Waals surface area (Å²) in [6.07, 6.45) is 4.89. The molecule has 7 heteroatoms. The monoisotopic (exact) mass is 516 g/mol. The number of carbonyl (C=O) groups excluding carboxylic acids is 1. The largest absolute Gasteiger partial charge is 0.489 e. The zero-order valence-electron chi connectivity index (χ0n) is 18.1. The first-order chi connectivity index (χ1) is 13.5. The molecule has 2 rings (SSSR count). The van der Waals surface area contributed by atoms with Crippen molar-refractivity contribution in [2.45, 2.75) is 71.1 Å². The van der Waals surface area contributed by atoms with Gasteiger partial charge in [0.05, 0.1) is 6.54 Å². The molecule has 6 nitrogen and oxygen atoms in total. The predicted octanol–water partition coefficient (Wildman–Crippen LogP) is 3.71. The van der Waals surface area contributed by atoms with Gasteiger partial charge in [0.15, 0.2) is 5.96 Å². The second-order valence-corrected chi connectivity index (χ2v) is 7.78. The van der Waals surface area contributed by atoms with Crippen molar-refractivity contribution >= 4 is 35.8 Å². The lowest BCUT2D eigenvalue weighted by molar-refractivity contribution is -0.126. The summed E-state index contributed by atoms with van der Waals surface area (Å²) in [7, 11) is 1.78. The van der Waals surface area contributed by atoms with Crippen molar-refractivity contribution in [2.24, 2.45) is 10.9 Å². The molecule has 29 heavy (non-hydrogen) atoms. The van der Waals surface area contributed by atoms with Gasteiger partial charge in [-0.3, -0.25) is 9.79 Å². The summed E-state index contributed by atoms with van der Waals surface area (Å²) < 4.78 is 6.04. The molecule has 1 aromatic rings. The van der Waals surface area contributed by atoms with Crippen LogP contribution in [-0.4, -0.2) is 43.6 Å². The molecule has 164 valence electrons. The predicted molar refractivity (Wildman–Crippen MR) is 130 cm³/mol. The second-order valence-electron chi connectivity index (χ2n) is 7.78. The molecule has 0 radical (unpaired) electrons. The Kier molecular flexibility index (Phi) is 12.0. The van der Waals surface area contributed by atoms with Gasteiger partial charge < -0.3 is 20.7 Å². The van der Waals surface area contributed by atoms with Crippen LogP contribution in [0.1, 0.15) is 52.9 Å². The van der Waals surface area contributed by atoms with E-state index in [4.69, 9.17) is 4.74 Å². The molecule has 1 aliphatic carbocycles. The standard InChI is InChI=1S/C22H36N4O2.HI/c1-5-19(28-20-12-7-6-8-13-20)15-24-22(23-4)26-18-11-9-10-17(14-18)21(27)25-16(2)3;/h6-8,12-13,16-19H,5,9-11,14-15H2,1-4H3,(H,25,27)(H2,23,24,26);1H.